The van der Waals surface area contributed by atoms with Crippen LogP contribution >= 0.6 is 0 Å². The lowest BCUT2D eigenvalue weighted by atomic mass is 10.2. The molecule has 3 rings (SSSR count). The zero-order valence-corrected chi connectivity index (χ0v) is 10.1. The van der Waals surface area contributed by atoms with Gasteiger partial charge in [-0.15, -0.1) is 5.10 Å². The highest BCUT2D eigenvalue weighted by Gasteiger charge is 2.15. The molecule has 0 spiro atoms. The van der Waals surface area contributed by atoms with Crippen molar-refractivity contribution in [2.45, 2.75) is 18.9 Å². The van der Waals surface area contributed by atoms with E-state index in [0.717, 1.165) is 37.4 Å². The van der Waals surface area contributed by atoms with Crippen LogP contribution in [-0.4, -0.2) is 34.2 Å². The Morgan fingerprint density at radius 2 is 2.33 bits per heavy atom. The third kappa shape index (κ3) is 2.36. The van der Waals surface area contributed by atoms with Gasteiger partial charge in [0.2, 0.25) is 0 Å². The van der Waals surface area contributed by atoms with E-state index in [1.165, 1.54) is 0 Å². The summed E-state index contributed by atoms with van der Waals surface area (Å²) in [6.45, 7) is 1.72. The SMILES string of the molecule is c1ccc(-n2ccnn2)c(NCC2CCCO2)c1. The highest BCUT2D eigenvalue weighted by atomic mass is 16.5. The summed E-state index contributed by atoms with van der Waals surface area (Å²) < 4.78 is 7.37. The zero-order valence-electron chi connectivity index (χ0n) is 10.1. The van der Waals surface area contributed by atoms with Crippen molar-refractivity contribution in [1.82, 2.24) is 15.0 Å². The van der Waals surface area contributed by atoms with E-state index in [0.29, 0.717) is 6.10 Å². The van der Waals surface area contributed by atoms with Crippen LogP contribution in [0.3, 0.4) is 0 Å². The molecule has 1 unspecified atom stereocenters. The van der Waals surface area contributed by atoms with E-state index in [4.69, 9.17) is 4.74 Å². The molecular weight excluding hydrogens is 228 g/mol. The number of aromatic nitrogens is 3. The maximum atomic E-state index is 5.61. The van der Waals surface area contributed by atoms with E-state index in [9.17, 15) is 0 Å². The van der Waals surface area contributed by atoms with Crippen molar-refractivity contribution >= 4 is 5.69 Å². The normalized spacial score (nSPS) is 19.0. The Labute approximate surface area is 106 Å². The minimum Gasteiger partial charge on any atom is -0.381 e. The van der Waals surface area contributed by atoms with Crippen LogP contribution in [-0.2, 0) is 4.74 Å². The fourth-order valence-electron chi connectivity index (χ4n) is 2.19. The first-order valence-electron chi connectivity index (χ1n) is 6.25. The molecule has 0 saturated carbocycles. The summed E-state index contributed by atoms with van der Waals surface area (Å²) in [5.74, 6) is 0. The minimum atomic E-state index is 0.328. The smallest absolute Gasteiger partial charge is 0.0894 e. The van der Waals surface area contributed by atoms with Gasteiger partial charge in [-0.25, -0.2) is 4.68 Å². The van der Waals surface area contributed by atoms with E-state index in [1.54, 1.807) is 10.9 Å². The van der Waals surface area contributed by atoms with Crippen molar-refractivity contribution in [2.24, 2.45) is 0 Å². The van der Waals surface area contributed by atoms with E-state index < -0.39 is 0 Å². The lowest BCUT2D eigenvalue weighted by Crippen LogP contribution is -2.19. The van der Waals surface area contributed by atoms with Gasteiger partial charge in [-0.05, 0) is 25.0 Å². The second-order valence-electron chi connectivity index (χ2n) is 4.38. The van der Waals surface area contributed by atoms with Gasteiger partial charge in [0.05, 0.1) is 29.9 Å². The van der Waals surface area contributed by atoms with Crippen molar-refractivity contribution in [2.75, 3.05) is 18.5 Å². The minimum absolute atomic E-state index is 0.328. The number of ether oxygens (including phenoxy) is 1. The topological polar surface area (TPSA) is 52.0 Å². The van der Waals surface area contributed by atoms with E-state index >= 15 is 0 Å². The van der Waals surface area contributed by atoms with Gasteiger partial charge in [-0.1, -0.05) is 17.3 Å². The summed E-state index contributed by atoms with van der Waals surface area (Å²) in [5.41, 5.74) is 2.06. The molecule has 1 aromatic heterocycles. The van der Waals surface area contributed by atoms with Crippen LogP contribution in [0.1, 0.15) is 12.8 Å². The van der Waals surface area contributed by atoms with Gasteiger partial charge in [0.25, 0.3) is 0 Å². The number of rotatable bonds is 4. The molecule has 0 radical (unpaired) electrons. The standard InChI is InChI=1S/C13H16N4O/c1-2-6-13(17-8-7-15-16-17)12(5-1)14-10-11-4-3-9-18-11/h1-2,5-8,11,14H,3-4,9-10H2. The third-order valence-electron chi connectivity index (χ3n) is 3.12. The molecule has 1 N–H and O–H groups in total. The Hall–Kier alpha value is -1.88. The van der Waals surface area contributed by atoms with Crippen molar-refractivity contribution in [3.63, 3.8) is 0 Å². The molecule has 1 aliphatic rings. The van der Waals surface area contributed by atoms with Gasteiger partial charge < -0.3 is 10.1 Å². The lowest BCUT2D eigenvalue weighted by molar-refractivity contribution is 0.120. The summed E-state index contributed by atoms with van der Waals surface area (Å²) >= 11 is 0. The van der Waals surface area contributed by atoms with Crippen LogP contribution in [0.15, 0.2) is 36.7 Å². The predicted octanol–water partition coefficient (Wildman–Crippen LogP) is 1.86. The molecule has 0 aliphatic carbocycles. The summed E-state index contributed by atoms with van der Waals surface area (Å²) in [5, 5.41) is 11.3. The Kier molecular flexibility index (Phi) is 3.23. The number of hydrogen-bond acceptors (Lipinski definition) is 4. The molecule has 5 nitrogen and oxygen atoms in total. The van der Waals surface area contributed by atoms with Crippen LogP contribution in [0.25, 0.3) is 5.69 Å². The number of para-hydroxylation sites is 2. The highest BCUT2D eigenvalue weighted by Crippen LogP contribution is 2.20. The summed E-state index contributed by atoms with van der Waals surface area (Å²) in [7, 11) is 0. The molecule has 1 aromatic carbocycles. The number of nitrogens with zero attached hydrogens (tertiary/aromatic N) is 3. The molecule has 1 aliphatic heterocycles. The summed E-state index contributed by atoms with van der Waals surface area (Å²) in [6, 6.07) is 8.07. The fraction of sp³-hybridized carbons (Fsp3) is 0.385. The zero-order chi connectivity index (χ0) is 12.2. The molecule has 2 heterocycles. The summed E-state index contributed by atoms with van der Waals surface area (Å²) in [6.07, 6.45) is 6.15. The second-order valence-corrected chi connectivity index (χ2v) is 4.38. The Morgan fingerprint density at radius 3 is 3.11 bits per heavy atom. The van der Waals surface area contributed by atoms with Crippen LogP contribution in [0.2, 0.25) is 0 Å². The molecular formula is C13H16N4O. The molecule has 0 amide bonds. The van der Waals surface area contributed by atoms with Crippen molar-refractivity contribution in [1.29, 1.82) is 0 Å². The maximum Gasteiger partial charge on any atom is 0.0894 e. The Bertz CT molecular complexity index is 491. The van der Waals surface area contributed by atoms with Crippen LogP contribution < -0.4 is 5.32 Å². The van der Waals surface area contributed by atoms with Crippen LogP contribution in [0, 0.1) is 0 Å². The molecule has 1 atom stereocenters. The second kappa shape index (κ2) is 5.18. The molecule has 1 fully saturated rings. The predicted molar refractivity (Wildman–Crippen MR) is 68.8 cm³/mol. The molecule has 18 heavy (non-hydrogen) atoms. The first-order valence-corrected chi connectivity index (χ1v) is 6.25. The van der Waals surface area contributed by atoms with Crippen LogP contribution in [0.5, 0.6) is 0 Å². The number of anilines is 1. The highest BCUT2D eigenvalue weighted by molar-refractivity contribution is 5.60. The van der Waals surface area contributed by atoms with Crippen molar-refractivity contribution in [3.8, 4) is 5.69 Å². The first kappa shape index (κ1) is 11.2. The Balaban J connectivity index is 1.75. The average Bonchev–Trinajstić information content (AvgIpc) is 3.10. The first-order chi connectivity index (χ1) is 8.93. The van der Waals surface area contributed by atoms with Gasteiger partial charge >= 0.3 is 0 Å². The third-order valence-corrected chi connectivity index (χ3v) is 3.12. The van der Waals surface area contributed by atoms with Gasteiger partial charge in [0, 0.05) is 13.2 Å². The van der Waals surface area contributed by atoms with Crippen molar-refractivity contribution in [3.05, 3.63) is 36.7 Å². The fourth-order valence-corrected chi connectivity index (χ4v) is 2.19. The average molecular weight is 244 g/mol. The van der Waals surface area contributed by atoms with Crippen LogP contribution in [0.4, 0.5) is 5.69 Å². The number of benzene rings is 1. The lowest BCUT2D eigenvalue weighted by Gasteiger charge is -2.14. The number of nitrogens with one attached hydrogen (secondary N) is 1. The van der Waals surface area contributed by atoms with Gasteiger partial charge in [-0.3, -0.25) is 0 Å². The maximum absolute atomic E-state index is 5.61. The van der Waals surface area contributed by atoms with Crippen molar-refractivity contribution < 1.29 is 4.74 Å². The van der Waals surface area contributed by atoms with E-state index in [-0.39, 0.29) is 0 Å². The van der Waals surface area contributed by atoms with Gasteiger partial charge in [0.15, 0.2) is 0 Å². The monoisotopic (exact) mass is 244 g/mol. The molecule has 0 bridgehead atoms. The molecule has 5 heteroatoms. The van der Waals surface area contributed by atoms with E-state index in [1.807, 2.05) is 30.5 Å². The quantitative estimate of drug-likeness (QED) is 0.892. The largest absolute Gasteiger partial charge is 0.381 e. The van der Waals surface area contributed by atoms with Gasteiger partial charge in [0.1, 0.15) is 0 Å². The van der Waals surface area contributed by atoms with Gasteiger partial charge in [-0.2, -0.15) is 0 Å². The van der Waals surface area contributed by atoms with E-state index in [2.05, 4.69) is 15.6 Å². The molecule has 2 aromatic rings. The molecule has 94 valence electrons. The molecule has 1 saturated heterocycles. The summed E-state index contributed by atoms with van der Waals surface area (Å²) in [4.78, 5) is 0. The Morgan fingerprint density at radius 1 is 1.39 bits per heavy atom. The number of hydrogen-bond donors (Lipinski definition) is 1.